The number of hydrogen-bond acceptors (Lipinski definition) is 5. The number of carboxylic acid groups (broad SMARTS) is 1. The Morgan fingerprint density at radius 2 is 2.09 bits per heavy atom. The summed E-state index contributed by atoms with van der Waals surface area (Å²) in [5.74, 6) is -1.81. The second-order valence-electron chi connectivity index (χ2n) is 5.54. The molecule has 1 aliphatic heterocycles. The molecule has 1 fully saturated rings. The van der Waals surface area contributed by atoms with Crippen LogP contribution >= 0.6 is 0 Å². The fraction of sp³-hybridized carbons (Fsp3) is 0.467. The molecule has 1 saturated heterocycles. The van der Waals surface area contributed by atoms with Gasteiger partial charge < -0.3 is 14.7 Å². The van der Waals surface area contributed by atoms with Crippen molar-refractivity contribution in [3.8, 4) is 5.75 Å². The Kier molecular flexibility index (Phi) is 4.93. The standard InChI is InChI=1S/C15H19NO6S/c1-10-3-4-11(7-13(10)22-2)8-14(17)16-5-6-23(20,21)9-12(16)15(18)19/h3-4,7,12H,5-6,8-9H2,1-2H3,(H,18,19). The van der Waals surface area contributed by atoms with Crippen LogP contribution in [0, 0.1) is 6.92 Å². The van der Waals surface area contributed by atoms with Gasteiger partial charge in [-0.3, -0.25) is 4.79 Å². The Balaban J connectivity index is 2.17. The second kappa shape index (κ2) is 6.57. The van der Waals surface area contributed by atoms with Crippen LogP contribution in [0.15, 0.2) is 18.2 Å². The first-order chi connectivity index (χ1) is 10.7. The van der Waals surface area contributed by atoms with Crippen molar-refractivity contribution < 1.29 is 27.9 Å². The highest BCUT2D eigenvalue weighted by Gasteiger charge is 2.38. The van der Waals surface area contributed by atoms with Crippen LogP contribution in [0.4, 0.5) is 0 Å². The van der Waals surface area contributed by atoms with Crippen molar-refractivity contribution in [3.05, 3.63) is 29.3 Å². The summed E-state index contributed by atoms with van der Waals surface area (Å²) in [5, 5.41) is 9.20. The van der Waals surface area contributed by atoms with Gasteiger partial charge >= 0.3 is 5.97 Å². The van der Waals surface area contributed by atoms with Gasteiger partial charge in [-0.2, -0.15) is 0 Å². The van der Waals surface area contributed by atoms with E-state index < -0.39 is 33.5 Å². The highest BCUT2D eigenvalue weighted by molar-refractivity contribution is 7.91. The molecule has 0 spiro atoms. The highest BCUT2D eigenvalue weighted by Crippen LogP contribution is 2.21. The summed E-state index contributed by atoms with van der Waals surface area (Å²) < 4.78 is 28.4. The van der Waals surface area contributed by atoms with Gasteiger partial charge in [0.2, 0.25) is 5.91 Å². The lowest BCUT2D eigenvalue weighted by Gasteiger charge is -2.32. The zero-order valence-electron chi connectivity index (χ0n) is 13.0. The third kappa shape index (κ3) is 4.01. The molecule has 1 aliphatic rings. The van der Waals surface area contributed by atoms with Crippen molar-refractivity contribution in [2.75, 3.05) is 25.2 Å². The maximum Gasteiger partial charge on any atom is 0.327 e. The summed E-state index contributed by atoms with van der Waals surface area (Å²) in [6, 6.07) is 3.99. The number of rotatable bonds is 4. The molecule has 0 radical (unpaired) electrons. The molecule has 23 heavy (non-hydrogen) atoms. The zero-order chi connectivity index (χ0) is 17.2. The third-order valence-electron chi connectivity index (χ3n) is 3.86. The summed E-state index contributed by atoms with van der Waals surface area (Å²) in [6.45, 7) is 1.78. The van der Waals surface area contributed by atoms with Gasteiger partial charge in [-0.05, 0) is 24.1 Å². The number of methoxy groups -OCH3 is 1. The Bertz CT molecular complexity index is 727. The minimum Gasteiger partial charge on any atom is -0.496 e. The quantitative estimate of drug-likeness (QED) is 0.843. The third-order valence-corrected chi connectivity index (χ3v) is 5.49. The molecule has 1 heterocycles. The number of benzene rings is 1. The smallest absolute Gasteiger partial charge is 0.327 e. The molecule has 2 rings (SSSR count). The van der Waals surface area contributed by atoms with Gasteiger partial charge in [-0.15, -0.1) is 0 Å². The second-order valence-corrected chi connectivity index (χ2v) is 7.77. The number of ether oxygens (including phenoxy) is 1. The number of hydrogen-bond donors (Lipinski definition) is 1. The van der Waals surface area contributed by atoms with E-state index in [4.69, 9.17) is 4.74 Å². The summed E-state index contributed by atoms with van der Waals surface area (Å²) in [6.07, 6.45) is 0.000464. The van der Waals surface area contributed by atoms with E-state index in [0.717, 1.165) is 10.5 Å². The maximum atomic E-state index is 12.4. The Morgan fingerprint density at radius 1 is 1.39 bits per heavy atom. The van der Waals surface area contributed by atoms with Crippen molar-refractivity contribution >= 4 is 21.7 Å². The van der Waals surface area contributed by atoms with Crippen molar-refractivity contribution in [1.29, 1.82) is 0 Å². The number of aryl methyl sites for hydroxylation is 1. The van der Waals surface area contributed by atoms with Crippen molar-refractivity contribution in [1.82, 2.24) is 4.90 Å². The minimum atomic E-state index is -3.43. The van der Waals surface area contributed by atoms with Crippen molar-refractivity contribution in [3.63, 3.8) is 0 Å². The van der Waals surface area contributed by atoms with Gasteiger partial charge in [0, 0.05) is 6.54 Å². The molecule has 7 nitrogen and oxygen atoms in total. The van der Waals surface area contributed by atoms with Crippen LogP contribution in [0.25, 0.3) is 0 Å². The number of carbonyl (C=O) groups is 2. The van der Waals surface area contributed by atoms with Gasteiger partial charge in [-0.25, -0.2) is 13.2 Å². The molecular formula is C15H19NO6S. The molecule has 1 N–H and O–H groups in total. The summed E-state index contributed by atoms with van der Waals surface area (Å²) in [7, 11) is -1.90. The van der Waals surface area contributed by atoms with E-state index >= 15 is 0 Å². The lowest BCUT2D eigenvalue weighted by molar-refractivity contribution is -0.149. The first-order valence-electron chi connectivity index (χ1n) is 7.10. The van der Waals surface area contributed by atoms with E-state index in [-0.39, 0.29) is 18.7 Å². The van der Waals surface area contributed by atoms with Gasteiger partial charge in [0.05, 0.1) is 25.0 Å². The van der Waals surface area contributed by atoms with Crippen LogP contribution in [-0.2, 0) is 25.8 Å². The van der Waals surface area contributed by atoms with E-state index in [0.29, 0.717) is 11.3 Å². The number of nitrogens with zero attached hydrogens (tertiary/aromatic N) is 1. The van der Waals surface area contributed by atoms with E-state index in [2.05, 4.69) is 0 Å². The van der Waals surface area contributed by atoms with E-state index in [9.17, 15) is 23.1 Å². The number of sulfone groups is 1. The van der Waals surface area contributed by atoms with Crippen molar-refractivity contribution in [2.45, 2.75) is 19.4 Å². The predicted molar refractivity (Wildman–Crippen MR) is 83.2 cm³/mol. The fourth-order valence-corrected chi connectivity index (χ4v) is 4.01. The van der Waals surface area contributed by atoms with Crippen LogP contribution in [0.5, 0.6) is 5.75 Å². The molecule has 1 aromatic rings. The monoisotopic (exact) mass is 341 g/mol. The van der Waals surface area contributed by atoms with Gasteiger partial charge in [0.15, 0.2) is 9.84 Å². The van der Waals surface area contributed by atoms with Crippen LogP contribution in [-0.4, -0.2) is 61.5 Å². The maximum absolute atomic E-state index is 12.4. The SMILES string of the molecule is COc1cc(CC(=O)N2CCS(=O)(=O)CC2C(=O)O)ccc1C. The topological polar surface area (TPSA) is 101 Å². The van der Waals surface area contributed by atoms with E-state index in [1.54, 1.807) is 12.1 Å². The van der Waals surface area contributed by atoms with Crippen LogP contribution < -0.4 is 4.74 Å². The summed E-state index contributed by atoms with van der Waals surface area (Å²) in [5.41, 5.74) is 1.62. The Labute approximate surface area is 134 Å². The number of aliphatic carboxylic acids is 1. The van der Waals surface area contributed by atoms with Crippen LogP contribution in [0.1, 0.15) is 11.1 Å². The average molecular weight is 341 g/mol. The lowest BCUT2D eigenvalue weighted by Crippen LogP contribution is -2.55. The molecule has 126 valence electrons. The van der Waals surface area contributed by atoms with E-state index in [1.807, 2.05) is 13.0 Å². The summed E-state index contributed by atoms with van der Waals surface area (Å²) >= 11 is 0. The first kappa shape index (κ1) is 17.3. The van der Waals surface area contributed by atoms with Crippen LogP contribution in [0.3, 0.4) is 0 Å². The van der Waals surface area contributed by atoms with Gasteiger partial charge in [0.25, 0.3) is 0 Å². The number of carbonyl (C=O) groups excluding carboxylic acids is 1. The predicted octanol–water partition coefficient (Wildman–Crippen LogP) is 0.256. The largest absolute Gasteiger partial charge is 0.496 e. The molecule has 0 aliphatic carbocycles. The molecule has 0 bridgehead atoms. The average Bonchev–Trinajstić information content (AvgIpc) is 2.48. The zero-order valence-corrected chi connectivity index (χ0v) is 13.8. The number of carboxylic acids is 1. The van der Waals surface area contributed by atoms with Gasteiger partial charge in [-0.1, -0.05) is 12.1 Å². The van der Waals surface area contributed by atoms with Gasteiger partial charge in [0.1, 0.15) is 11.8 Å². The number of amides is 1. The molecule has 0 saturated carbocycles. The Morgan fingerprint density at radius 3 is 2.70 bits per heavy atom. The molecule has 0 aromatic heterocycles. The first-order valence-corrected chi connectivity index (χ1v) is 8.92. The minimum absolute atomic E-state index is 0.000464. The fourth-order valence-electron chi connectivity index (χ4n) is 2.56. The molecule has 1 unspecified atom stereocenters. The van der Waals surface area contributed by atoms with Crippen LogP contribution in [0.2, 0.25) is 0 Å². The summed E-state index contributed by atoms with van der Waals surface area (Å²) in [4.78, 5) is 24.8. The molecule has 1 atom stereocenters. The molecular weight excluding hydrogens is 322 g/mol. The highest BCUT2D eigenvalue weighted by atomic mass is 32.2. The molecule has 1 aromatic carbocycles. The normalized spacial score (nSPS) is 20.1. The van der Waals surface area contributed by atoms with E-state index in [1.165, 1.54) is 7.11 Å². The molecule has 8 heteroatoms. The lowest BCUT2D eigenvalue weighted by atomic mass is 10.1. The Hall–Kier alpha value is -2.09. The molecule has 1 amide bonds. The van der Waals surface area contributed by atoms with Crippen molar-refractivity contribution in [2.24, 2.45) is 0 Å².